The Morgan fingerprint density at radius 1 is 1.21 bits per heavy atom. The third-order valence-corrected chi connectivity index (χ3v) is 4.46. The van der Waals surface area contributed by atoms with Gasteiger partial charge in [0, 0.05) is 12.5 Å². The molecule has 0 saturated carbocycles. The minimum Gasteiger partial charge on any atom is -0.476 e. The molecule has 0 aliphatic carbocycles. The standard InChI is InChI=1S/C19H20FN3O/c20-15-6-3-7-16(11-15)23-18-9-2-1-8-17(18)19(22-23)24-13-14-5-4-10-21-12-14/h1-3,6-9,11,14,21H,4-5,10,12-13H2/t14-/m1/s1. The lowest BCUT2D eigenvalue weighted by molar-refractivity contribution is 0.213. The van der Waals surface area contributed by atoms with Gasteiger partial charge in [0.15, 0.2) is 0 Å². The highest BCUT2D eigenvalue weighted by atomic mass is 19.1. The van der Waals surface area contributed by atoms with E-state index in [0.29, 0.717) is 24.1 Å². The quantitative estimate of drug-likeness (QED) is 0.797. The van der Waals surface area contributed by atoms with E-state index in [1.165, 1.54) is 25.0 Å². The van der Waals surface area contributed by atoms with Crippen LogP contribution in [-0.4, -0.2) is 29.5 Å². The molecular formula is C19H20FN3O. The van der Waals surface area contributed by atoms with Gasteiger partial charge in [-0.2, -0.15) is 0 Å². The van der Waals surface area contributed by atoms with Gasteiger partial charge >= 0.3 is 0 Å². The van der Waals surface area contributed by atoms with Crippen LogP contribution in [0.15, 0.2) is 48.5 Å². The van der Waals surface area contributed by atoms with Gasteiger partial charge in [-0.3, -0.25) is 0 Å². The molecule has 2 aromatic carbocycles. The first kappa shape index (κ1) is 15.1. The topological polar surface area (TPSA) is 39.1 Å². The van der Waals surface area contributed by atoms with Crippen LogP contribution in [0.2, 0.25) is 0 Å². The van der Waals surface area contributed by atoms with E-state index in [1.54, 1.807) is 10.7 Å². The van der Waals surface area contributed by atoms with Crippen molar-refractivity contribution in [2.75, 3.05) is 19.7 Å². The van der Waals surface area contributed by atoms with E-state index in [1.807, 2.05) is 30.3 Å². The highest BCUT2D eigenvalue weighted by Gasteiger charge is 2.17. The second kappa shape index (κ2) is 6.61. The predicted octanol–water partition coefficient (Wildman–Crippen LogP) is 3.54. The Labute approximate surface area is 140 Å². The molecule has 3 aromatic rings. The van der Waals surface area contributed by atoms with Crippen molar-refractivity contribution < 1.29 is 9.13 Å². The van der Waals surface area contributed by atoms with Crippen LogP contribution >= 0.6 is 0 Å². The van der Waals surface area contributed by atoms with Crippen molar-refractivity contribution in [2.45, 2.75) is 12.8 Å². The first-order chi connectivity index (χ1) is 11.8. The average Bonchev–Trinajstić information content (AvgIpc) is 3.00. The zero-order valence-electron chi connectivity index (χ0n) is 13.4. The molecule has 1 atom stereocenters. The number of halogens is 1. The molecule has 0 amide bonds. The van der Waals surface area contributed by atoms with Crippen LogP contribution < -0.4 is 10.1 Å². The van der Waals surface area contributed by atoms with Crippen molar-refractivity contribution in [3.63, 3.8) is 0 Å². The van der Waals surface area contributed by atoms with Gasteiger partial charge in [0.05, 0.1) is 23.2 Å². The molecule has 0 spiro atoms. The van der Waals surface area contributed by atoms with Crippen LogP contribution in [0.1, 0.15) is 12.8 Å². The minimum atomic E-state index is -0.275. The molecule has 4 nitrogen and oxygen atoms in total. The van der Waals surface area contributed by atoms with Crippen LogP contribution in [0.4, 0.5) is 4.39 Å². The SMILES string of the molecule is Fc1cccc(-n2nc(OC[C@@H]3CCCNC3)c3ccccc32)c1. The van der Waals surface area contributed by atoms with Gasteiger partial charge in [-0.25, -0.2) is 9.07 Å². The molecule has 124 valence electrons. The van der Waals surface area contributed by atoms with E-state index in [0.717, 1.165) is 24.0 Å². The van der Waals surface area contributed by atoms with E-state index in [2.05, 4.69) is 10.4 Å². The fourth-order valence-electron chi connectivity index (χ4n) is 3.21. The van der Waals surface area contributed by atoms with Crippen molar-refractivity contribution in [3.05, 3.63) is 54.3 Å². The number of piperidine rings is 1. The first-order valence-corrected chi connectivity index (χ1v) is 8.38. The van der Waals surface area contributed by atoms with Crippen molar-refractivity contribution in [3.8, 4) is 11.6 Å². The Kier molecular flexibility index (Phi) is 4.17. The van der Waals surface area contributed by atoms with E-state index >= 15 is 0 Å². The molecule has 24 heavy (non-hydrogen) atoms. The summed E-state index contributed by atoms with van der Waals surface area (Å²) < 4.78 is 21.3. The molecule has 4 rings (SSSR count). The number of ether oxygens (including phenoxy) is 1. The second-order valence-electron chi connectivity index (χ2n) is 6.24. The van der Waals surface area contributed by atoms with Gasteiger partial charge in [0.2, 0.25) is 5.88 Å². The minimum absolute atomic E-state index is 0.275. The summed E-state index contributed by atoms with van der Waals surface area (Å²) >= 11 is 0. The maximum atomic E-state index is 13.6. The van der Waals surface area contributed by atoms with Gasteiger partial charge in [-0.05, 0) is 49.7 Å². The number of nitrogens with zero attached hydrogens (tertiary/aromatic N) is 2. The predicted molar refractivity (Wildman–Crippen MR) is 92.1 cm³/mol. The van der Waals surface area contributed by atoms with Crippen LogP contribution in [0.3, 0.4) is 0 Å². The largest absolute Gasteiger partial charge is 0.476 e. The lowest BCUT2D eigenvalue weighted by atomic mass is 10.0. The number of aromatic nitrogens is 2. The summed E-state index contributed by atoms with van der Waals surface area (Å²) in [6.07, 6.45) is 2.36. The third kappa shape index (κ3) is 2.99. The normalized spacial score (nSPS) is 18.0. The van der Waals surface area contributed by atoms with Gasteiger partial charge in [0.25, 0.3) is 0 Å². The van der Waals surface area contributed by atoms with Crippen LogP contribution in [-0.2, 0) is 0 Å². The summed E-state index contributed by atoms with van der Waals surface area (Å²) in [5.74, 6) is 0.847. The summed E-state index contributed by atoms with van der Waals surface area (Å²) in [7, 11) is 0. The third-order valence-electron chi connectivity index (χ3n) is 4.46. The Hall–Kier alpha value is -2.40. The molecule has 1 aliphatic heterocycles. The summed E-state index contributed by atoms with van der Waals surface area (Å²) in [6.45, 7) is 2.73. The maximum Gasteiger partial charge on any atom is 0.241 e. The lowest BCUT2D eigenvalue weighted by Gasteiger charge is -2.22. The summed E-state index contributed by atoms with van der Waals surface area (Å²) in [5, 5.41) is 8.94. The van der Waals surface area contributed by atoms with E-state index in [9.17, 15) is 4.39 Å². The average molecular weight is 325 g/mol. The van der Waals surface area contributed by atoms with Crippen molar-refractivity contribution in [1.82, 2.24) is 15.1 Å². The highest BCUT2D eigenvalue weighted by molar-refractivity contribution is 5.85. The summed E-state index contributed by atoms with van der Waals surface area (Å²) in [4.78, 5) is 0. The molecule has 1 aliphatic rings. The molecule has 1 saturated heterocycles. The van der Waals surface area contributed by atoms with Gasteiger partial charge in [-0.15, -0.1) is 5.10 Å². The molecular weight excluding hydrogens is 305 g/mol. The summed E-state index contributed by atoms with van der Waals surface area (Å²) in [6, 6.07) is 14.3. The number of fused-ring (bicyclic) bond motifs is 1. The molecule has 0 radical (unpaired) electrons. The number of rotatable bonds is 4. The van der Waals surface area contributed by atoms with Gasteiger partial charge in [0.1, 0.15) is 5.82 Å². The molecule has 1 aromatic heterocycles. The molecule has 2 heterocycles. The molecule has 0 unspecified atom stereocenters. The Balaban J connectivity index is 1.66. The monoisotopic (exact) mass is 325 g/mol. The van der Waals surface area contributed by atoms with Crippen LogP contribution in [0, 0.1) is 11.7 Å². The first-order valence-electron chi connectivity index (χ1n) is 8.38. The Morgan fingerprint density at radius 2 is 2.12 bits per heavy atom. The second-order valence-corrected chi connectivity index (χ2v) is 6.24. The van der Waals surface area contributed by atoms with Gasteiger partial charge < -0.3 is 10.1 Å². The van der Waals surface area contributed by atoms with Crippen LogP contribution in [0.5, 0.6) is 5.88 Å². The van der Waals surface area contributed by atoms with Crippen molar-refractivity contribution in [1.29, 1.82) is 0 Å². The number of nitrogens with one attached hydrogen (secondary N) is 1. The fraction of sp³-hybridized carbons (Fsp3) is 0.316. The Morgan fingerprint density at radius 3 is 2.96 bits per heavy atom. The molecule has 0 bridgehead atoms. The molecule has 5 heteroatoms. The molecule has 1 fully saturated rings. The van der Waals surface area contributed by atoms with Gasteiger partial charge in [-0.1, -0.05) is 18.2 Å². The van der Waals surface area contributed by atoms with E-state index in [4.69, 9.17) is 4.74 Å². The smallest absolute Gasteiger partial charge is 0.241 e. The maximum absolute atomic E-state index is 13.6. The van der Waals surface area contributed by atoms with E-state index in [-0.39, 0.29) is 5.82 Å². The highest BCUT2D eigenvalue weighted by Crippen LogP contribution is 2.28. The zero-order valence-corrected chi connectivity index (χ0v) is 13.4. The zero-order chi connectivity index (χ0) is 16.4. The van der Waals surface area contributed by atoms with Crippen molar-refractivity contribution in [2.24, 2.45) is 5.92 Å². The van der Waals surface area contributed by atoms with Crippen LogP contribution in [0.25, 0.3) is 16.6 Å². The lowest BCUT2D eigenvalue weighted by Crippen LogP contribution is -2.33. The number of benzene rings is 2. The molecule has 1 N–H and O–H groups in total. The Bertz CT molecular complexity index is 839. The van der Waals surface area contributed by atoms with E-state index < -0.39 is 0 Å². The fourth-order valence-corrected chi connectivity index (χ4v) is 3.21. The number of para-hydroxylation sites is 1. The van der Waals surface area contributed by atoms with Crippen molar-refractivity contribution >= 4 is 10.9 Å². The number of hydrogen-bond acceptors (Lipinski definition) is 3. The number of hydrogen-bond donors (Lipinski definition) is 1. The summed E-state index contributed by atoms with van der Waals surface area (Å²) in [5.41, 5.74) is 1.61.